The van der Waals surface area contributed by atoms with Crippen molar-refractivity contribution in [2.75, 3.05) is 0 Å². The zero-order valence-corrected chi connectivity index (χ0v) is 11.1. The number of nitrogens with one attached hydrogen (secondary N) is 1. The lowest BCUT2D eigenvalue weighted by Crippen LogP contribution is -2.23. The second-order valence-electron chi connectivity index (χ2n) is 5.20. The lowest BCUT2D eigenvalue weighted by Gasteiger charge is -2.21. The van der Waals surface area contributed by atoms with Crippen LogP contribution >= 0.6 is 0 Å². The first kappa shape index (κ1) is 12.4. The van der Waals surface area contributed by atoms with Gasteiger partial charge in [0, 0.05) is 17.6 Å². The zero-order chi connectivity index (χ0) is 13.2. The molecule has 0 spiro atoms. The topological polar surface area (TPSA) is 12.0 Å². The number of rotatable bonds is 3. The molecule has 0 radical (unpaired) electrons. The van der Waals surface area contributed by atoms with Crippen LogP contribution in [0.25, 0.3) is 0 Å². The molecule has 0 aromatic heterocycles. The Morgan fingerprint density at radius 2 is 1.84 bits per heavy atom. The summed E-state index contributed by atoms with van der Waals surface area (Å²) in [7, 11) is 0. The molecule has 2 aromatic carbocycles. The summed E-state index contributed by atoms with van der Waals surface area (Å²) in [5.41, 5.74) is 3.53. The van der Waals surface area contributed by atoms with Crippen molar-refractivity contribution >= 4 is 0 Å². The van der Waals surface area contributed by atoms with Gasteiger partial charge in [-0.15, -0.1) is 0 Å². The van der Waals surface area contributed by atoms with Crippen molar-refractivity contribution < 1.29 is 4.39 Å². The molecule has 0 heterocycles. The highest BCUT2D eigenvalue weighted by atomic mass is 19.1. The van der Waals surface area contributed by atoms with E-state index in [0.717, 1.165) is 18.4 Å². The van der Waals surface area contributed by atoms with Crippen molar-refractivity contribution in [3.05, 3.63) is 71.0 Å². The van der Waals surface area contributed by atoms with E-state index in [9.17, 15) is 4.39 Å². The van der Waals surface area contributed by atoms with E-state index in [1.54, 1.807) is 6.07 Å². The average molecular weight is 255 g/mol. The Kier molecular flexibility index (Phi) is 3.34. The fourth-order valence-corrected chi connectivity index (χ4v) is 2.95. The highest BCUT2D eigenvalue weighted by molar-refractivity contribution is 5.34. The molecule has 0 bridgehead atoms. The molecule has 0 saturated carbocycles. The van der Waals surface area contributed by atoms with Crippen LogP contribution in [-0.2, 0) is 6.42 Å². The Labute approximate surface area is 113 Å². The van der Waals surface area contributed by atoms with E-state index in [4.69, 9.17) is 0 Å². The van der Waals surface area contributed by atoms with Gasteiger partial charge in [0.05, 0.1) is 0 Å². The van der Waals surface area contributed by atoms with Crippen molar-refractivity contribution in [1.29, 1.82) is 0 Å². The van der Waals surface area contributed by atoms with Gasteiger partial charge in [-0.05, 0) is 37.0 Å². The fraction of sp³-hybridized carbons (Fsp3) is 0.294. The van der Waals surface area contributed by atoms with Gasteiger partial charge >= 0.3 is 0 Å². The van der Waals surface area contributed by atoms with Crippen LogP contribution in [0.5, 0.6) is 0 Å². The highest BCUT2D eigenvalue weighted by Gasteiger charge is 2.24. The van der Waals surface area contributed by atoms with Crippen molar-refractivity contribution in [2.45, 2.75) is 31.8 Å². The quantitative estimate of drug-likeness (QED) is 0.868. The number of aryl methyl sites for hydroxylation is 1. The molecule has 2 aromatic rings. The van der Waals surface area contributed by atoms with Gasteiger partial charge in [-0.2, -0.15) is 0 Å². The summed E-state index contributed by atoms with van der Waals surface area (Å²) in [6.45, 7) is 2.03. The van der Waals surface area contributed by atoms with Crippen LogP contribution in [0.1, 0.15) is 42.1 Å². The van der Waals surface area contributed by atoms with E-state index in [0.29, 0.717) is 6.04 Å². The first-order valence-electron chi connectivity index (χ1n) is 6.84. The Hall–Kier alpha value is -1.67. The number of fused-ring (bicyclic) bond motifs is 1. The van der Waals surface area contributed by atoms with Crippen LogP contribution in [0.4, 0.5) is 4.39 Å². The minimum absolute atomic E-state index is 0.0253. The summed E-state index contributed by atoms with van der Waals surface area (Å²) in [5.74, 6) is -0.131. The number of hydrogen-bond acceptors (Lipinski definition) is 1. The maximum Gasteiger partial charge on any atom is 0.127 e. The summed E-state index contributed by atoms with van der Waals surface area (Å²) >= 11 is 0. The Bertz CT molecular complexity index is 579. The number of hydrogen-bond donors (Lipinski definition) is 1. The van der Waals surface area contributed by atoms with Crippen LogP contribution in [0, 0.1) is 5.82 Å². The van der Waals surface area contributed by atoms with Gasteiger partial charge in [0.1, 0.15) is 5.82 Å². The third-order valence-electron chi connectivity index (χ3n) is 3.96. The first-order valence-corrected chi connectivity index (χ1v) is 6.84. The van der Waals surface area contributed by atoms with E-state index in [2.05, 4.69) is 29.6 Å². The molecule has 2 atom stereocenters. The van der Waals surface area contributed by atoms with E-state index in [-0.39, 0.29) is 11.9 Å². The highest BCUT2D eigenvalue weighted by Crippen LogP contribution is 2.33. The van der Waals surface area contributed by atoms with E-state index in [1.165, 1.54) is 17.2 Å². The van der Waals surface area contributed by atoms with Gasteiger partial charge in [0.15, 0.2) is 0 Å². The number of halogens is 1. The minimum Gasteiger partial charge on any atom is -0.303 e. The first-order chi connectivity index (χ1) is 9.25. The lowest BCUT2D eigenvalue weighted by atomic mass is 10.0. The molecule has 2 heteroatoms. The van der Waals surface area contributed by atoms with Crippen LogP contribution in [-0.4, -0.2) is 0 Å². The predicted octanol–water partition coefficient (Wildman–Crippen LogP) is 4.16. The fourth-order valence-electron chi connectivity index (χ4n) is 2.95. The standard InChI is InChI=1S/C17H18FN/c1-12(14-7-4-5-9-16(14)18)19-17-11-10-13-6-2-3-8-15(13)17/h2-9,12,17,19H,10-11H2,1H3. The van der Waals surface area contributed by atoms with Crippen LogP contribution in [0.15, 0.2) is 48.5 Å². The lowest BCUT2D eigenvalue weighted by molar-refractivity contribution is 0.450. The second-order valence-corrected chi connectivity index (χ2v) is 5.20. The molecule has 0 aliphatic heterocycles. The summed E-state index contributed by atoms with van der Waals surface area (Å²) in [4.78, 5) is 0. The Morgan fingerprint density at radius 3 is 2.68 bits per heavy atom. The Balaban J connectivity index is 1.78. The molecule has 3 rings (SSSR count). The SMILES string of the molecule is CC(NC1CCc2ccccc21)c1ccccc1F. The predicted molar refractivity (Wildman–Crippen MR) is 75.5 cm³/mol. The van der Waals surface area contributed by atoms with Crippen molar-refractivity contribution in [3.63, 3.8) is 0 Å². The summed E-state index contributed by atoms with van der Waals surface area (Å²) in [5, 5.41) is 3.55. The smallest absolute Gasteiger partial charge is 0.127 e. The molecule has 2 unspecified atom stereocenters. The van der Waals surface area contributed by atoms with Crippen LogP contribution in [0.3, 0.4) is 0 Å². The van der Waals surface area contributed by atoms with Gasteiger partial charge < -0.3 is 5.32 Å². The van der Waals surface area contributed by atoms with Gasteiger partial charge in [-0.3, -0.25) is 0 Å². The molecule has 1 aliphatic rings. The van der Waals surface area contributed by atoms with Gasteiger partial charge in [0.25, 0.3) is 0 Å². The van der Waals surface area contributed by atoms with Crippen molar-refractivity contribution in [3.8, 4) is 0 Å². The zero-order valence-electron chi connectivity index (χ0n) is 11.1. The molecular weight excluding hydrogens is 237 g/mol. The molecular formula is C17H18FN. The Morgan fingerprint density at radius 1 is 1.11 bits per heavy atom. The average Bonchev–Trinajstić information content (AvgIpc) is 2.83. The largest absolute Gasteiger partial charge is 0.303 e. The van der Waals surface area contributed by atoms with Gasteiger partial charge in [-0.1, -0.05) is 42.5 Å². The monoisotopic (exact) mass is 255 g/mol. The molecule has 1 aliphatic carbocycles. The molecule has 0 amide bonds. The maximum atomic E-state index is 13.8. The van der Waals surface area contributed by atoms with E-state index in [1.807, 2.05) is 19.1 Å². The van der Waals surface area contributed by atoms with Crippen molar-refractivity contribution in [2.24, 2.45) is 0 Å². The normalized spacial score (nSPS) is 19.2. The number of benzene rings is 2. The maximum absolute atomic E-state index is 13.8. The minimum atomic E-state index is -0.131. The van der Waals surface area contributed by atoms with E-state index >= 15 is 0 Å². The molecule has 0 fully saturated rings. The van der Waals surface area contributed by atoms with Crippen molar-refractivity contribution in [1.82, 2.24) is 5.32 Å². The molecule has 19 heavy (non-hydrogen) atoms. The van der Waals surface area contributed by atoms with Crippen LogP contribution in [0.2, 0.25) is 0 Å². The molecule has 1 N–H and O–H groups in total. The van der Waals surface area contributed by atoms with Gasteiger partial charge in [-0.25, -0.2) is 4.39 Å². The summed E-state index contributed by atoms with van der Waals surface area (Å²) < 4.78 is 13.8. The molecule has 1 nitrogen and oxygen atoms in total. The summed E-state index contributed by atoms with van der Waals surface area (Å²) in [6, 6.07) is 15.9. The third kappa shape index (κ3) is 2.41. The van der Waals surface area contributed by atoms with E-state index < -0.39 is 0 Å². The summed E-state index contributed by atoms with van der Waals surface area (Å²) in [6.07, 6.45) is 2.20. The van der Waals surface area contributed by atoms with Gasteiger partial charge in [0.2, 0.25) is 0 Å². The second kappa shape index (κ2) is 5.14. The van der Waals surface area contributed by atoms with Crippen LogP contribution < -0.4 is 5.32 Å². The molecule has 0 saturated heterocycles. The third-order valence-corrected chi connectivity index (χ3v) is 3.96. The molecule has 98 valence electrons.